The Balaban J connectivity index is 2.48. The zero-order valence-corrected chi connectivity index (χ0v) is 7.97. The molecule has 0 aromatic carbocycles. The van der Waals surface area contributed by atoms with Crippen molar-refractivity contribution < 1.29 is 9.53 Å². The Labute approximate surface area is 85.3 Å². The summed E-state index contributed by atoms with van der Waals surface area (Å²) >= 11 is 0. The summed E-state index contributed by atoms with van der Waals surface area (Å²) in [7, 11) is 1.50. The van der Waals surface area contributed by atoms with Crippen LogP contribution < -0.4 is 4.74 Å². The Hall–Kier alpha value is -2.24. The number of methoxy groups -OCH3 is 1. The summed E-state index contributed by atoms with van der Waals surface area (Å²) in [5, 5.41) is 6.32. The number of carbonyl (C=O) groups excluding carboxylic acids is 1. The summed E-state index contributed by atoms with van der Waals surface area (Å²) < 4.78 is 4.93. The van der Waals surface area contributed by atoms with Crippen LogP contribution in [0, 0.1) is 0 Å². The molecule has 0 saturated carbocycles. The summed E-state index contributed by atoms with van der Waals surface area (Å²) in [6, 6.07) is 0. The molecule has 0 spiro atoms. The summed E-state index contributed by atoms with van der Waals surface area (Å²) in [6.45, 7) is 0. The minimum Gasteiger partial charge on any atom is -0.480 e. The molecular weight excluding hydrogens is 196 g/mol. The molecule has 0 amide bonds. The Morgan fingerprint density at radius 1 is 1.40 bits per heavy atom. The fourth-order valence-corrected chi connectivity index (χ4v) is 1.17. The van der Waals surface area contributed by atoms with E-state index < -0.39 is 0 Å². The molecule has 76 valence electrons. The van der Waals surface area contributed by atoms with E-state index in [0.717, 1.165) is 0 Å². The molecule has 2 aromatic rings. The second kappa shape index (κ2) is 3.87. The Morgan fingerprint density at radius 3 is 3.00 bits per heavy atom. The number of hydrogen-bond acceptors (Lipinski definition) is 5. The van der Waals surface area contributed by atoms with E-state index in [4.69, 9.17) is 4.74 Å². The van der Waals surface area contributed by atoms with Crippen molar-refractivity contribution in [3.8, 4) is 17.1 Å². The molecule has 0 unspecified atom stereocenters. The Morgan fingerprint density at radius 2 is 2.27 bits per heavy atom. The van der Waals surface area contributed by atoms with Crippen LogP contribution >= 0.6 is 0 Å². The average molecular weight is 204 g/mol. The molecule has 6 heteroatoms. The van der Waals surface area contributed by atoms with Crippen molar-refractivity contribution in [2.75, 3.05) is 7.11 Å². The van der Waals surface area contributed by atoms with Gasteiger partial charge in [0, 0.05) is 0 Å². The van der Waals surface area contributed by atoms with Crippen LogP contribution in [-0.4, -0.2) is 33.6 Å². The number of aromatic amines is 1. The van der Waals surface area contributed by atoms with Gasteiger partial charge in [-0.05, 0) is 0 Å². The summed E-state index contributed by atoms with van der Waals surface area (Å²) in [5.74, 6) is 0.394. The SMILES string of the molecule is COc1cncc(-c2cn[nH]c2C=O)n1. The number of hydrogen-bond donors (Lipinski definition) is 1. The molecule has 2 rings (SSSR count). The molecule has 0 aliphatic carbocycles. The highest BCUT2D eigenvalue weighted by Gasteiger charge is 2.09. The van der Waals surface area contributed by atoms with E-state index in [1.165, 1.54) is 19.5 Å². The van der Waals surface area contributed by atoms with Gasteiger partial charge in [0.2, 0.25) is 5.88 Å². The van der Waals surface area contributed by atoms with Crippen LogP contribution in [-0.2, 0) is 0 Å². The quantitative estimate of drug-likeness (QED) is 0.744. The first-order valence-corrected chi connectivity index (χ1v) is 4.20. The summed E-state index contributed by atoms with van der Waals surface area (Å²) in [4.78, 5) is 18.7. The highest BCUT2D eigenvalue weighted by molar-refractivity contribution is 5.83. The number of ether oxygens (including phenoxy) is 1. The standard InChI is InChI=1S/C9H8N4O2/c1-15-9-4-10-3-7(12-9)6-2-11-13-8(6)5-14/h2-5H,1H3,(H,11,13). The fourth-order valence-electron chi connectivity index (χ4n) is 1.17. The van der Waals surface area contributed by atoms with Gasteiger partial charge in [0.1, 0.15) is 5.69 Å². The maximum atomic E-state index is 10.7. The predicted octanol–water partition coefficient (Wildman–Crippen LogP) is 0.688. The lowest BCUT2D eigenvalue weighted by Gasteiger charge is -2.00. The number of H-pyrrole nitrogens is 1. The fraction of sp³-hybridized carbons (Fsp3) is 0.111. The van der Waals surface area contributed by atoms with E-state index in [1.54, 1.807) is 6.20 Å². The lowest BCUT2D eigenvalue weighted by atomic mass is 10.2. The molecule has 2 heterocycles. The molecule has 0 radical (unpaired) electrons. The first-order valence-electron chi connectivity index (χ1n) is 4.20. The second-order valence-electron chi connectivity index (χ2n) is 2.76. The van der Waals surface area contributed by atoms with Gasteiger partial charge in [-0.2, -0.15) is 5.10 Å². The van der Waals surface area contributed by atoms with Crippen LogP contribution in [0.4, 0.5) is 0 Å². The molecule has 0 aliphatic rings. The minimum absolute atomic E-state index is 0.373. The maximum absolute atomic E-state index is 10.7. The molecule has 6 nitrogen and oxygen atoms in total. The molecule has 15 heavy (non-hydrogen) atoms. The van der Waals surface area contributed by atoms with Crippen molar-refractivity contribution in [1.29, 1.82) is 0 Å². The van der Waals surface area contributed by atoms with E-state index in [2.05, 4.69) is 20.2 Å². The third-order valence-electron chi connectivity index (χ3n) is 1.88. The second-order valence-corrected chi connectivity index (χ2v) is 2.76. The monoisotopic (exact) mass is 204 g/mol. The van der Waals surface area contributed by atoms with Crippen molar-refractivity contribution in [2.45, 2.75) is 0 Å². The Kier molecular flexibility index (Phi) is 2.40. The van der Waals surface area contributed by atoms with Gasteiger partial charge in [0.05, 0.1) is 37.0 Å². The topological polar surface area (TPSA) is 80.8 Å². The molecule has 0 saturated heterocycles. The van der Waals surface area contributed by atoms with Crippen LogP contribution in [0.2, 0.25) is 0 Å². The van der Waals surface area contributed by atoms with Crippen LogP contribution in [0.3, 0.4) is 0 Å². The van der Waals surface area contributed by atoms with Gasteiger partial charge in [-0.1, -0.05) is 0 Å². The van der Waals surface area contributed by atoms with Gasteiger partial charge in [-0.25, -0.2) is 4.98 Å². The highest BCUT2D eigenvalue weighted by Crippen LogP contribution is 2.19. The Bertz CT molecular complexity index is 480. The number of aldehydes is 1. The number of carbonyl (C=O) groups is 1. The third-order valence-corrected chi connectivity index (χ3v) is 1.88. The van der Waals surface area contributed by atoms with Crippen molar-refractivity contribution in [2.24, 2.45) is 0 Å². The first-order chi connectivity index (χ1) is 7.35. The molecule has 0 atom stereocenters. The molecular formula is C9H8N4O2. The maximum Gasteiger partial charge on any atom is 0.232 e. The van der Waals surface area contributed by atoms with Gasteiger partial charge in [-0.3, -0.25) is 14.9 Å². The zero-order chi connectivity index (χ0) is 10.7. The van der Waals surface area contributed by atoms with Gasteiger partial charge < -0.3 is 4.74 Å². The first kappa shape index (κ1) is 9.32. The number of rotatable bonds is 3. The normalized spacial score (nSPS) is 9.93. The summed E-state index contributed by atoms with van der Waals surface area (Å²) in [6.07, 6.45) is 5.24. The van der Waals surface area contributed by atoms with Gasteiger partial charge >= 0.3 is 0 Å². The van der Waals surface area contributed by atoms with Crippen molar-refractivity contribution in [3.05, 3.63) is 24.3 Å². The highest BCUT2D eigenvalue weighted by atomic mass is 16.5. The number of nitrogens with one attached hydrogen (secondary N) is 1. The zero-order valence-electron chi connectivity index (χ0n) is 7.97. The van der Waals surface area contributed by atoms with Crippen LogP contribution in [0.1, 0.15) is 10.5 Å². The smallest absolute Gasteiger partial charge is 0.232 e. The molecule has 1 N–H and O–H groups in total. The molecule has 0 bridgehead atoms. The minimum atomic E-state index is 0.373. The molecule has 0 aliphatic heterocycles. The average Bonchev–Trinajstić information content (AvgIpc) is 2.77. The van der Waals surface area contributed by atoms with E-state index in [1.807, 2.05) is 0 Å². The van der Waals surface area contributed by atoms with Crippen molar-refractivity contribution >= 4 is 6.29 Å². The van der Waals surface area contributed by atoms with Crippen LogP contribution in [0.5, 0.6) is 5.88 Å². The van der Waals surface area contributed by atoms with Gasteiger partial charge in [0.15, 0.2) is 6.29 Å². The predicted molar refractivity (Wildman–Crippen MR) is 51.6 cm³/mol. The van der Waals surface area contributed by atoms with Crippen molar-refractivity contribution in [1.82, 2.24) is 20.2 Å². The van der Waals surface area contributed by atoms with Gasteiger partial charge in [0.25, 0.3) is 0 Å². The number of aromatic nitrogens is 4. The summed E-state index contributed by atoms with van der Waals surface area (Å²) in [5.41, 5.74) is 1.53. The van der Waals surface area contributed by atoms with Crippen LogP contribution in [0.25, 0.3) is 11.3 Å². The van der Waals surface area contributed by atoms with E-state index in [-0.39, 0.29) is 0 Å². The number of nitrogens with zero attached hydrogens (tertiary/aromatic N) is 3. The van der Waals surface area contributed by atoms with E-state index >= 15 is 0 Å². The van der Waals surface area contributed by atoms with Crippen molar-refractivity contribution in [3.63, 3.8) is 0 Å². The largest absolute Gasteiger partial charge is 0.480 e. The van der Waals surface area contributed by atoms with Gasteiger partial charge in [-0.15, -0.1) is 0 Å². The van der Waals surface area contributed by atoms with E-state index in [9.17, 15) is 4.79 Å². The van der Waals surface area contributed by atoms with Crippen LogP contribution in [0.15, 0.2) is 18.6 Å². The molecule has 0 fully saturated rings. The molecule has 2 aromatic heterocycles. The third kappa shape index (κ3) is 1.69. The lowest BCUT2D eigenvalue weighted by molar-refractivity contribution is 0.111. The lowest BCUT2D eigenvalue weighted by Crippen LogP contribution is -1.93. The van der Waals surface area contributed by atoms with E-state index in [0.29, 0.717) is 29.1 Å².